The fraction of sp³-hybridized carbons (Fsp3) is 0.0588. The van der Waals surface area contributed by atoms with E-state index >= 15 is 0 Å². The van der Waals surface area contributed by atoms with Crippen LogP contribution >= 0.6 is 23.2 Å². The van der Waals surface area contributed by atoms with Gasteiger partial charge in [0, 0.05) is 21.5 Å². The summed E-state index contributed by atoms with van der Waals surface area (Å²) in [5, 5.41) is 14.7. The molecule has 1 aromatic heterocycles. The Bertz CT molecular complexity index is 967. The molecule has 0 saturated carbocycles. The van der Waals surface area contributed by atoms with E-state index in [1.165, 1.54) is 18.2 Å². The van der Waals surface area contributed by atoms with Gasteiger partial charge in [0.25, 0.3) is 0 Å². The summed E-state index contributed by atoms with van der Waals surface area (Å²) in [6, 6.07) is 9.39. The molecule has 0 spiro atoms. The second-order valence-corrected chi connectivity index (χ2v) is 5.96. The highest BCUT2D eigenvalue weighted by molar-refractivity contribution is 6.35. The molecule has 3 aromatic rings. The molecule has 0 aliphatic heterocycles. The number of carbonyl (C=O) groups is 1. The molecule has 0 fully saturated rings. The van der Waals surface area contributed by atoms with Crippen LogP contribution in [-0.4, -0.2) is 20.9 Å². The lowest BCUT2D eigenvalue weighted by Gasteiger charge is -2.06. The Kier molecular flexibility index (Phi) is 4.55. The maximum absolute atomic E-state index is 13.5. The summed E-state index contributed by atoms with van der Waals surface area (Å²) in [5.74, 6) is -1.52. The first-order chi connectivity index (χ1) is 11.4. The zero-order valence-electron chi connectivity index (χ0n) is 12.2. The Labute approximate surface area is 146 Å². The van der Waals surface area contributed by atoms with Gasteiger partial charge in [-0.3, -0.25) is 4.68 Å². The number of hydrogen-bond donors (Lipinski definition) is 1. The molecule has 122 valence electrons. The first-order valence-corrected chi connectivity index (χ1v) is 7.70. The minimum Gasteiger partial charge on any atom is -0.478 e. The van der Waals surface area contributed by atoms with E-state index in [4.69, 9.17) is 28.3 Å². The fourth-order valence-electron chi connectivity index (χ4n) is 2.38. The lowest BCUT2D eigenvalue weighted by molar-refractivity contribution is -0.131. The summed E-state index contributed by atoms with van der Waals surface area (Å²) in [6.07, 6.45) is 2.30. The van der Waals surface area contributed by atoms with Crippen molar-refractivity contribution in [1.82, 2.24) is 9.78 Å². The summed E-state index contributed by atoms with van der Waals surface area (Å²) < 4.78 is 15.2. The van der Waals surface area contributed by atoms with Gasteiger partial charge in [-0.2, -0.15) is 5.10 Å². The highest BCUT2D eigenvalue weighted by Gasteiger charge is 2.12. The molecule has 0 aliphatic rings. The van der Waals surface area contributed by atoms with Crippen LogP contribution in [0.25, 0.3) is 17.0 Å². The van der Waals surface area contributed by atoms with E-state index in [-0.39, 0.29) is 0 Å². The molecular formula is C17H11Cl2FN2O2. The number of rotatable bonds is 4. The van der Waals surface area contributed by atoms with Gasteiger partial charge in [0.2, 0.25) is 0 Å². The zero-order chi connectivity index (χ0) is 17.3. The Hall–Kier alpha value is -2.37. The molecule has 0 aliphatic carbocycles. The first kappa shape index (κ1) is 16.5. The van der Waals surface area contributed by atoms with Crippen molar-refractivity contribution in [2.75, 3.05) is 0 Å². The van der Waals surface area contributed by atoms with E-state index in [9.17, 15) is 9.18 Å². The molecule has 3 rings (SSSR count). The number of benzene rings is 2. The average Bonchev–Trinajstić information content (AvgIpc) is 2.85. The van der Waals surface area contributed by atoms with Crippen molar-refractivity contribution in [3.05, 3.63) is 69.6 Å². The predicted octanol–water partition coefficient (Wildman–Crippen LogP) is 4.63. The maximum atomic E-state index is 13.5. The van der Waals surface area contributed by atoms with Crippen molar-refractivity contribution in [2.45, 2.75) is 6.54 Å². The molecule has 4 nitrogen and oxygen atoms in total. The van der Waals surface area contributed by atoms with Crippen LogP contribution in [0.4, 0.5) is 4.39 Å². The van der Waals surface area contributed by atoms with Gasteiger partial charge in [0.15, 0.2) is 0 Å². The number of halogens is 3. The van der Waals surface area contributed by atoms with E-state index in [1.54, 1.807) is 28.9 Å². The van der Waals surface area contributed by atoms with Crippen LogP contribution in [0.15, 0.2) is 42.5 Å². The molecule has 0 amide bonds. The standard InChI is InChI=1S/C17H11Cl2FN2O2/c18-11-2-1-10(14(19)7-11)9-22-16-5-3-12(20)8-13(16)15(21-22)4-6-17(23)24/h1-8H,9H2,(H,23,24)/b6-4+. The summed E-state index contributed by atoms with van der Waals surface area (Å²) >= 11 is 12.1. The summed E-state index contributed by atoms with van der Waals surface area (Å²) in [6.45, 7) is 0.346. The van der Waals surface area contributed by atoms with E-state index < -0.39 is 11.8 Å². The van der Waals surface area contributed by atoms with Crippen LogP contribution in [0, 0.1) is 5.82 Å². The van der Waals surface area contributed by atoms with Crippen molar-refractivity contribution < 1.29 is 14.3 Å². The first-order valence-electron chi connectivity index (χ1n) is 6.95. The van der Waals surface area contributed by atoms with Gasteiger partial charge in [-0.05, 0) is 42.0 Å². The van der Waals surface area contributed by atoms with Gasteiger partial charge in [0.1, 0.15) is 5.82 Å². The monoisotopic (exact) mass is 364 g/mol. The third-order valence-electron chi connectivity index (χ3n) is 3.46. The zero-order valence-corrected chi connectivity index (χ0v) is 13.7. The normalized spacial score (nSPS) is 11.5. The van der Waals surface area contributed by atoms with Gasteiger partial charge in [0.05, 0.1) is 17.8 Å². The molecule has 1 heterocycles. The molecule has 0 bridgehead atoms. The molecule has 24 heavy (non-hydrogen) atoms. The van der Waals surface area contributed by atoms with Crippen molar-refractivity contribution in [3.8, 4) is 0 Å². The van der Waals surface area contributed by atoms with Crippen molar-refractivity contribution >= 4 is 46.2 Å². The third-order valence-corrected chi connectivity index (χ3v) is 4.05. The van der Waals surface area contributed by atoms with Gasteiger partial charge < -0.3 is 5.11 Å². The largest absolute Gasteiger partial charge is 0.478 e. The predicted molar refractivity (Wildman–Crippen MR) is 91.9 cm³/mol. The molecule has 0 saturated heterocycles. The van der Waals surface area contributed by atoms with Crippen LogP contribution in [0.2, 0.25) is 10.0 Å². The number of nitrogens with zero attached hydrogens (tertiary/aromatic N) is 2. The summed E-state index contributed by atoms with van der Waals surface area (Å²) in [7, 11) is 0. The highest BCUT2D eigenvalue weighted by atomic mass is 35.5. The Morgan fingerprint density at radius 2 is 2.04 bits per heavy atom. The molecule has 0 atom stereocenters. The quantitative estimate of drug-likeness (QED) is 0.686. The van der Waals surface area contributed by atoms with Crippen LogP contribution in [0.1, 0.15) is 11.3 Å². The number of carboxylic acids is 1. The fourth-order valence-corrected chi connectivity index (χ4v) is 2.85. The van der Waals surface area contributed by atoms with Crippen LogP contribution in [0.5, 0.6) is 0 Å². The van der Waals surface area contributed by atoms with Crippen LogP contribution in [0.3, 0.4) is 0 Å². The van der Waals surface area contributed by atoms with Crippen LogP contribution < -0.4 is 0 Å². The Morgan fingerprint density at radius 1 is 1.25 bits per heavy atom. The number of carboxylic acid groups (broad SMARTS) is 1. The second kappa shape index (κ2) is 6.63. The lowest BCUT2D eigenvalue weighted by Crippen LogP contribution is -2.02. The van der Waals surface area contributed by atoms with Gasteiger partial charge in [-0.15, -0.1) is 0 Å². The SMILES string of the molecule is O=C(O)/C=C/c1nn(Cc2ccc(Cl)cc2Cl)c2ccc(F)cc12. The molecule has 1 N–H and O–H groups in total. The molecule has 0 radical (unpaired) electrons. The van der Waals surface area contributed by atoms with Crippen molar-refractivity contribution in [1.29, 1.82) is 0 Å². The number of fused-ring (bicyclic) bond motifs is 1. The molecule has 0 unspecified atom stereocenters. The second-order valence-electron chi connectivity index (χ2n) is 5.11. The minimum atomic E-state index is -1.10. The van der Waals surface area contributed by atoms with Gasteiger partial charge in [-0.1, -0.05) is 29.3 Å². The van der Waals surface area contributed by atoms with E-state index in [0.29, 0.717) is 33.2 Å². The maximum Gasteiger partial charge on any atom is 0.328 e. The van der Waals surface area contributed by atoms with Crippen molar-refractivity contribution in [3.63, 3.8) is 0 Å². The Morgan fingerprint density at radius 3 is 2.75 bits per heavy atom. The lowest BCUT2D eigenvalue weighted by atomic mass is 10.2. The van der Waals surface area contributed by atoms with Gasteiger partial charge in [-0.25, -0.2) is 9.18 Å². The summed E-state index contributed by atoms with van der Waals surface area (Å²) in [4.78, 5) is 10.7. The Balaban J connectivity index is 2.09. The molecule has 7 heteroatoms. The smallest absolute Gasteiger partial charge is 0.328 e. The summed E-state index contributed by atoms with van der Waals surface area (Å²) in [5.41, 5.74) is 1.84. The van der Waals surface area contributed by atoms with E-state index in [2.05, 4.69) is 5.10 Å². The highest BCUT2D eigenvalue weighted by Crippen LogP contribution is 2.25. The average molecular weight is 365 g/mol. The van der Waals surface area contributed by atoms with E-state index in [0.717, 1.165) is 11.6 Å². The van der Waals surface area contributed by atoms with Crippen LogP contribution in [-0.2, 0) is 11.3 Å². The van der Waals surface area contributed by atoms with Crippen molar-refractivity contribution in [2.24, 2.45) is 0 Å². The molecule has 2 aromatic carbocycles. The van der Waals surface area contributed by atoms with Gasteiger partial charge >= 0.3 is 5.97 Å². The minimum absolute atomic E-state index is 0.346. The number of aromatic nitrogens is 2. The molecular weight excluding hydrogens is 354 g/mol. The number of aliphatic carboxylic acids is 1. The topological polar surface area (TPSA) is 55.1 Å². The van der Waals surface area contributed by atoms with E-state index in [1.807, 2.05) is 0 Å². The number of hydrogen-bond acceptors (Lipinski definition) is 2. The third kappa shape index (κ3) is 3.42.